The van der Waals surface area contributed by atoms with E-state index in [4.69, 9.17) is 11.6 Å². The molecule has 0 spiro atoms. The number of hydrogen-bond donors (Lipinski definition) is 3. The third-order valence-corrected chi connectivity index (χ3v) is 4.47. The van der Waals surface area contributed by atoms with Crippen LogP contribution in [0.3, 0.4) is 0 Å². The van der Waals surface area contributed by atoms with E-state index in [2.05, 4.69) is 10.6 Å². The van der Waals surface area contributed by atoms with E-state index in [1.165, 1.54) is 12.1 Å². The van der Waals surface area contributed by atoms with Crippen molar-refractivity contribution in [3.63, 3.8) is 0 Å². The van der Waals surface area contributed by atoms with Gasteiger partial charge in [-0.25, -0.2) is 4.39 Å². The highest BCUT2D eigenvalue weighted by atomic mass is 35.5. The fraction of sp³-hybridized carbons (Fsp3) is 0.278. The molecule has 0 radical (unpaired) electrons. The summed E-state index contributed by atoms with van der Waals surface area (Å²) in [5, 5.41) is 16.0. The Morgan fingerprint density at radius 3 is 2.54 bits per heavy atom. The fourth-order valence-electron chi connectivity index (χ4n) is 2.77. The molecule has 0 bridgehead atoms. The zero-order chi connectivity index (χ0) is 17.1. The maximum atomic E-state index is 14.3. The molecular weight excluding hydrogens is 331 g/mol. The SMILES string of the molecule is O=C(NCC1CNCC1O)c1ccc(-c2ccc(Cl)cc2)cc1F. The van der Waals surface area contributed by atoms with E-state index in [1.54, 1.807) is 30.3 Å². The van der Waals surface area contributed by atoms with Crippen molar-refractivity contribution in [2.75, 3.05) is 19.6 Å². The number of nitrogens with one attached hydrogen (secondary N) is 2. The second-order valence-corrected chi connectivity index (χ2v) is 6.33. The minimum Gasteiger partial charge on any atom is -0.391 e. The second kappa shape index (κ2) is 7.30. The summed E-state index contributed by atoms with van der Waals surface area (Å²) in [6.07, 6.45) is -0.484. The Balaban J connectivity index is 1.69. The molecule has 0 aliphatic carbocycles. The standard InChI is InChI=1S/C18H18ClFN2O2/c19-14-4-1-11(2-5-14)12-3-6-15(16(20)7-12)18(24)22-9-13-8-21-10-17(13)23/h1-7,13,17,21,23H,8-10H2,(H,22,24). The first-order valence-corrected chi connectivity index (χ1v) is 8.15. The van der Waals surface area contributed by atoms with Crippen LogP contribution in [0, 0.1) is 11.7 Å². The minimum atomic E-state index is -0.579. The lowest BCUT2D eigenvalue weighted by Gasteiger charge is -2.14. The molecule has 3 N–H and O–H groups in total. The van der Waals surface area contributed by atoms with Crippen molar-refractivity contribution in [2.24, 2.45) is 5.92 Å². The van der Waals surface area contributed by atoms with Crippen LogP contribution in [0.1, 0.15) is 10.4 Å². The Bertz CT molecular complexity index is 736. The van der Waals surface area contributed by atoms with Crippen LogP contribution in [0.5, 0.6) is 0 Å². The molecule has 6 heteroatoms. The van der Waals surface area contributed by atoms with Gasteiger partial charge in [0.25, 0.3) is 5.91 Å². The Morgan fingerprint density at radius 2 is 1.92 bits per heavy atom. The first-order valence-electron chi connectivity index (χ1n) is 7.77. The van der Waals surface area contributed by atoms with Crippen molar-refractivity contribution >= 4 is 17.5 Å². The van der Waals surface area contributed by atoms with Crippen LogP contribution in [-0.2, 0) is 0 Å². The van der Waals surface area contributed by atoms with Gasteiger partial charge in [-0.05, 0) is 35.4 Å². The molecule has 2 aromatic carbocycles. The van der Waals surface area contributed by atoms with Gasteiger partial charge in [0.05, 0.1) is 11.7 Å². The Morgan fingerprint density at radius 1 is 1.21 bits per heavy atom. The molecule has 3 rings (SSSR count). The molecule has 2 atom stereocenters. The number of carbonyl (C=O) groups excluding carboxylic acids is 1. The highest BCUT2D eigenvalue weighted by Crippen LogP contribution is 2.23. The number of amides is 1. The van der Waals surface area contributed by atoms with Crippen LogP contribution < -0.4 is 10.6 Å². The van der Waals surface area contributed by atoms with Gasteiger partial charge < -0.3 is 15.7 Å². The molecule has 126 valence electrons. The van der Waals surface area contributed by atoms with Gasteiger partial charge in [0, 0.05) is 30.6 Å². The van der Waals surface area contributed by atoms with E-state index in [1.807, 2.05) is 0 Å². The van der Waals surface area contributed by atoms with Gasteiger partial charge in [-0.15, -0.1) is 0 Å². The average Bonchev–Trinajstić information content (AvgIpc) is 2.98. The first-order chi connectivity index (χ1) is 11.5. The number of carbonyl (C=O) groups is 1. The van der Waals surface area contributed by atoms with E-state index >= 15 is 0 Å². The van der Waals surface area contributed by atoms with Gasteiger partial charge in [0.2, 0.25) is 0 Å². The smallest absolute Gasteiger partial charge is 0.254 e. The summed E-state index contributed by atoms with van der Waals surface area (Å²) in [6, 6.07) is 11.6. The normalized spacial score (nSPS) is 20.1. The average molecular weight is 349 g/mol. The predicted molar refractivity (Wildman–Crippen MR) is 91.5 cm³/mol. The number of β-amino-alcohol motifs (C(OH)–C–C–N with tert-alkyl or cyclic N) is 1. The van der Waals surface area contributed by atoms with Crippen molar-refractivity contribution in [1.82, 2.24) is 10.6 Å². The number of hydrogen-bond acceptors (Lipinski definition) is 3. The van der Waals surface area contributed by atoms with Crippen LogP contribution in [0.15, 0.2) is 42.5 Å². The molecule has 1 aliphatic heterocycles. The van der Waals surface area contributed by atoms with Gasteiger partial charge in [-0.3, -0.25) is 4.79 Å². The van der Waals surface area contributed by atoms with E-state index in [9.17, 15) is 14.3 Å². The molecule has 4 nitrogen and oxygen atoms in total. The highest BCUT2D eigenvalue weighted by Gasteiger charge is 2.25. The van der Waals surface area contributed by atoms with Crippen LogP contribution >= 0.6 is 11.6 Å². The van der Waals surface area contributed by atoms with Crippen molar-refractivity contribution < 1.29 is 14.3 Å². The van der Waals surface area contributed by atoms with Gasteiger partial charge in [-0.1, -0.05) is 29.8 Å². The molecule has 1 saturated heterocycles. The summed E-state index contributed by atoms with van der Waals surface area (Å²) in [6.45, 7) is 1.47. The lowest BCUT2D eigenvalue weighted by molar-refractivity contribution is 0.0923. The number of rotatable bonds is 4. The molecule has 1 amide bonds. The third-order valence-electron chi connectivity index (χ3n) is 4.22. The number of aliphatic hydroxyl groups is 1. The lowest BCUT2D eigenvalue weighted by atomic mass is 10.0. The summed E-state index contributed by atoms with van der Waals surface area (Å²) in [5.74, 6) is -1.11. The van der Waals surface area contributed by atoms with Crippen LogP contribution in [0.2, 0.25) is 5.02 Å². The Labute approximate surface area is 144 Å². The molecule has 2 unspecified atom stereocenters. The predicted octanol–water partition coefficient (Wildman–Crippen LogP) is 2.46. The molecule has 0 aromatic heterocycles. The summed E-state index contributed by atoms with van der Waals surface area (Å²) in [4.78, 5) is 12.2. The number of benzene rings is 2. The van der Waals surface area contributed by atoms with Crippen molar-refractivity contribution in [3.05, 3.63) is 58.9 Å². The lowest BCUT2D eigenvalue weighted by Crippen LogP contribution is -2.34. The topological polar surface area (TPSA) is 61.4 Å². The van der Waals surface area contributed by atoms with E-state index < -0.39 is 17.8 Å². The summed E-state index contributed by atoms with van der Waals surface area (Å²) in [7, 11) is 0. The van der Waals surface area contributed by atoms with Crippen LogP contribution in [0.4, 0.5) is 4.39 Å². The fourth-order valence-corrected chi connectivity index (χ4v) is 2.89. The zero-order valence-corrected chi connectivity index (χ0v) is 13.7. The Kier molecular flexibility index (Phi) is 5.14. The van der Waals surface area contributed by atoms with Crippen molar-refractivity contribution in [3.8, 4) is 11.1 Å². The Hall–Kier alpha value is -1.95. The second-order valence-electron chi connectivity index (χ2n) is 5.90. The maximum Gasteiger partial charge on any atom is 0.254 e. The first kappa shape index (κ1) is 16.9. The van der Waals surface area contributed by atoms with Crippen molar-refractivity contribution in [1.29, 1.82) is 0 Å². The molecule has 1 aliphatic rings. The summed E-state index contributed by atoms with van der Waals surface area (Å²) < 4.78 is 14.3. The van der Waals surface area contributed by atoms with Crippen molar-refractivity contribution in [2.45, 2.75) is 6.10 Å². The van der Waals surface area contributed by atoms with Gasteiger partial charge in [-0.2, -0.15) is 0 Å². The zero-order valence-electron chi connectivity index (χ0n) is 12.9. The van der Waals surface area contributed by atoms with E-state index in [0.717, 1.165) is 5.56 Å². The van der Waals surface area contributed by atoms with Gasteiger partial charge in [0.1, 0.15) is 5.82 Å². The summed E-state index contributed by atoms with van der Waals surface area (Å²) >= 11 is 5.85. The number of halogens is 2. The van der Waals surface area contributed by atoms with E-state index in [-0.39, 0.29) is 11.5 Å². The van der Waals surface area contributed by atoms with Gasteiger partial charge >= 0.3 is 0 Å². The molecule has 24 heavy (non-hydrogen) atoms. The summed E-state index contributed by atoms with van der Waals surface area (Å²) in [5.41, 5.74) is 1.50. The monoisotopic (exact) mass is 348 g/mol. The third kappa shape index (κ3) is 3.75. The molecule has 2 aromatic rings. The molecule has 1 fully saturated rings. The van der Waals surface area contributed by atoms with Crippen LogP contribution in [-0.4, -0.2) is 36.8 Å². The molecular formula is C18H18ClFN2O2. The highest BCUT2D eigenvalue weighted by molar-refractivity contribution is 6.30. The quantitative estimate of drug-likeness (QED) is 0.795. The largest absolute Gasteiger partial charge is 0.391 e. The number of aliphatic hydroxyl groups excluding tert-OH is 1. The van der Waals surface area contributed by atoms with Gasteiger partial charge in [0.15, 0.2) is 0 Å². The molecule has 1 heterocycles. The minimum absolute atomic E-state index is 0.00633. The molecule has 0 saturated carbocycles. The van der Waals surface area contributed by atoms with E-state index in [0.29, 0.717) is 30.2 Å². The van der Waals surface area contributed by atoms with Crippen LogP contribution in [0.25, 0.3) is 11.1 Å². The maximum absolute atomic E-state index is 14.3.